The summed E-state index contributed by atoms with van der Waals surface area (Å²) in [5, 5.41) is 0. The van der Waals surface area contributed by atoms with E-state index >= 15 is 0 Å². The van der Waals surface area contributed by atoms with Gasteiger partial charge < -0.3 is 0 Å². The van der Waals surface area contributed by atoms with Gasteiger partial charge in [-0.1, -0.05) is 35.7 Å². The molecule has 50 valence electrons. The summed E-state index contributed by atoms with van der Waals surface area (Å²) in [5.41, 5.74) is 0. The third-order valence-corrected chi connectivity index (χ3v) is 3.93. The Balaban J connectivity index is 2.67. The fraction of sp³-hybridized carbons (Fsp3) is 0.750. The molecule has 1 rings (SSSR count). The minimum absolute atomic E-state index is 0.168. The molecule has 0 N–H and O–H groups in total. The van der Waals surface area contributed by atoms with Crippen LogP contribution in [-0.2, 0) is 0 Å². The summed E-state index contributed by atoms with van der Waals surface area (Å²) in [5.74, 6) is 7.55. The molecule has 1 fully saturated rings. The van der Waals surface area contributed by atoms with Crippen molar-refractivity contribution in [2.24, 2.45) is 11.8 Å². The van der Waals surface area contributed by atoms with Gasteiger partial charge in [0.2, 0.25) is 0 Å². The van der Waals surface area contributed by atoms with Gasteiger partial charge in [0.05, 0.1) is 4.32 Å². The molecule has 0 amide bonds. The summed E-state index contributed by atoms with van der Waals surface area (Å²) in [6.07, 6.45) is 0. The molecule has 0 aromatic rings. The van der Waals surface area contributed by atoms with Crippen LogP contribution in [0.2, 0.25) is 0 Å². The Morgan fingerprint density at radius 2 is 1.78 bits per heavy atom. The highest BCUT2D eigenvalue weighted by Crippen LogP contribution is 2.56. The van der Waals surface area contributed by atoms with Crippen molar-refractivity contribution in [2.45, 2.75) is 25.1 Å². The monoisotopic (exact) mass is 186 g/mol. The first kappa shape index (κ1) is 7.15. The average molecular weight is 187 g/mol. The van der Waals surface area contributed by atoms with Gasteiger partial charge in [-0.15, -0.1) is 5.92 Å². The van der Waals surface area contributed by atoms with Crippen LogP contribution in [0.3, 0.4) is 0 Å². The van der Waals surface area contributed by atoms with Crippen LogP contribution >= 0.6 is 15.9 Å². The van der Waals surface area contributed by atoms with Crippen molar-refractivity contribution in [1.29, 1.82) is 0 Å². The minimum Gasteiger partial charge on any atom is -0.105 e. The Hall–Kier alpha value is 0.0400. The van der Waals surface area contributed by atoms with E-state index < -0.39 is 0 Å². The van der Waals surface area contributed by atoms with Gasteiger partial charge in [0.15, 0.2) is 0 Å². The van der Waals surface area contributed by atoms with Gasteiger partial charge in [0, 0.05) is 0 Å². The van der Waals surface area contributed by atoms with E-state index in [1.807, 2.05) is 6.92 Å². The summed E-state index contributed by atoms with van der Waals surface area (Å²) in [6, 6.07) is 0. The number of hydrogen-bond acceptors (Lipinski definition) is 0. The first-order chi connectivity index (χ1) is 4.13. The molecule has 2 unspecified atom stereocenters. The molecule has 0 radical (unpaired) electrons. The Morgan fingerprint density at radius 1 is 1.33 bits per heavy atom. The third-order valence-electron chi connectivity index (χ3n) is 2.28. The van der Waals surface area contributed by atoms with Gasteiger partial charge in [-0.05, 0) is 18.8 Å². The fourth-order valence-corrected chi connectivity index (χ4v) is 2.00. The molecule has 0 spiro atoms. The molecule has 1 aliphatic carbocycles. The molecule has 0 nitrogen and oxygen atoms in total. The predicted molar refractivity (Wildman–Crippen MR) is 43.4 cm³/mol. The molecule has 0 heterocycles. The van der Waals surface area contributed by atoms with Crippen LogP contribution in [0.5, 0.6) is 0 Å². The first-order valence-electron chi connectivity index (χ1n) is 3.25. The van der Waals surface area contributed by atoms with E-state index in [4.69, 9.17) is 0 Å². The second kappa shape index (κ2) is 2.02. The standard InChI is InChI=1S/C8H11Br/c1-4-5-8(9)6(2)7(8)3/h6-7H,1-3H3/t6-,7?,8?/m1/s1. The highest BCUT2D eigenvalue weighted by Gasteiger charge is 2.56. The lowest BCUT2D eigenvalue weighted by molar-refractivity contribution is 0.834. The maximum absolute atomic E-state index is 3.61. The van der Waals surface area contributed by atoms with Crippen LogP contribution in [0.25, 0.3) is 0 Å². The van der Waals surface area contributed by atoms with Crippen LogP contribution in [0.4, 0.5) is 0 Å². The second-order valence-electron chi connectivity index (χ2n) is 2.72. The summed E-state index contributed by atoms with van der Waals surface area (Å²) < 4.78 is 0.168. The normalized spacial score (nSPS) is 47.6. The van der Waals surface area contributed by atoms with E-state index in [0.29, 0.717) is 0 Å². The van der Waals surface area contributed by atoms with Crippen molar-refractivity contribution in [1.82, 2.24) is 0 Å². The maximum Gasteiger partial charge on any atom is 0.0919 e. The quantitative estimate of drug-likeness (QED) is 0.403. The Labute approximate surface area is 65.2 Å². The van der Waals surface area contributed by atoms with Crippen molar-refractivity contribution in [3.63, 3.8) is 0 Å². The SMILES string of the molecule is CC#CC1(Br)C(C)[C@H]1C. The highest BCUT2D eigenvalue weighted by atomic mass is 79.9. The van der Waals surface area contributed by atoms with Crippen LogP contribution < -0.4 is 0 Å². The third kappa shape index (κ3) is 0.901. The van der Waals surface area contributed by atoms with Crippen LogP contribution in [0.15, 0.2) is 0 Å². The molecule has 0 aromatic carbocycles. The van der Waals surface area contributed by atoms with Crippen molar-refractivity contribution < 1.29 is 0 Å². The van der Waals surface area contributed by atoms with E-state index in [2.05, 4.69) is 41.6 Å². The molecule has 1 heteroatoms. The van der Waals surface area contributed by atoms with Crippen molar-refractivity contribution in [3.8, 4) is 11.8 Å². The molecule has 0 saturated heterocycles. The zero-order valence-electron chi connectivity index (χ0n) is 6.03. The van der Waals surface area contributed by atoms with Gasteiger partial charge in [0.25, 0.3) is 0 Å². The zero-order chi connectivity index (χ0) is 7.07. The number of halogens is 1. The molecule has 1 saturated carbocycles. The molecule has 3 atom stereocenters. The van der Waals surface area contributed by atoms with E-state index in [1.165, 1.54) is 0 Å². The van der Waals surface area contributed by atoms with Gasteiger partial charge >= 0.3 is 0 Å². The molecular formula is C8H11Br. The zero-order valence-corrected chi connectivity index (χ0v) is 7.62. The van der Waals surface area contributed by atoms with Gasteiger partial charge in [0.1, 0.15) is 0 Å². The summed E-state index contributed by atoms with van der Waals surface area (Å²) in [7, 11) is 0. The van der Waals surface area contributed by atoms with E-state index in [-0.39, 0.29) is 4.32 Å². The predicted octanol–water partition coefficient (Wildman–Crippen LogP) is 2.43. The molecule has 0 aliphatic heterocycles. The Morgan fingerprint density at radius 3 is 1.89 bits per heavy atom. The summed E-state index contributed by atoms with van der Waals surface area (Å²) >= 11 is 3.61. The highest BCUT2D eigenvalue weighted by molar-refractivity contribution is 9.10. The van der Waals surface area contributed by atoms with Crippen molar-refractivity contribution in [3.05, 3.63) is 0 Å². The molecule has 0 aromatic heterocycles. The number of alkyl halides is 1. The largest absolute Gasteiger partial charge is 0.105 e. The van der Waals surface area contributed by atoms with Gasteiger partial charge in [-0.25, -0.2) is 0 Å². The lowest BCUT2D eigenvalue weighted by atomic mass is 10.3. The Kier molecular flexibility index (Phi) is 1.61. The number of hydrogen-bond donors (Lipinski definition) is 0. The second-order valence-corrected chi connectivity index (χ2v) is 4.03. The van der Waals surface area contributed by atoms with Crippen LogP contribution in [-0.4, -0.2) is 4.32 Å². The van der Waals surface area contributed by atoms with E-state index in [1.54, 1.807) is 0 Å². The van der Waals surface area contributed by atoms with Gasteiger partial charge in [-0.2, -0.15) is 0 Å². The lowest BCUT2D eigenvalue weighted by Crippen LogP contribution is -1.95. The van der Waals surface area contributed by atoms with Gasteiger partial charge in [-0.3, -0.25) is 0 Å². The smallest absolute Gasteiger partial charge is 0.0919 e. The van der Waals surface area contributed by atoms with E-state index in [0.717, 1.165) is 11.8 Å². The number of rotatable bonds is 0. The molecule has 0 bridgehead atoms. The molecule has 9 heavy (non-hydrogen) atoms. The molecular weight excluding hydrogens is 176 g/mol. The molecule has 1 aliphatic rings. The maximum atomic E-state index is 3.61. The summed E-state index contributed by atoms with van der Waals surface area (Å²) in [4.78, 5) is 0. The van der Waals surface area contributed by atoms with E-state index in [9.17, 15) is 0 Å². The van der Waals surface area contributed by atoms with Crippen molar-refractivity contribution >= 4 is 15.9 Å². The van der Waals surface area contributed by atoms with Crippen LogP contribution in [0.1, 0.15) is 20.8 Å². The topological polar surface area (TPSA) is 0 Å². The Bertz CT molecular complexity index is 165. The average Bonchev–Trinajstić information content (AvgIpc) is 2.22. The lowest BCUT2D eigenvalue weighted by Gasteiger charge is -1.92. The van der Waals surface area contributed by atoms with Crippen LogP contribution in [0, 0.1) is 23.7 Å². The van der Waals surface area contributed by atoms with Crippen molar-refractivity contribution in [2.75, 3.05) is 0 Å². The first-order valence-corrected chi connectivity index (χ1v) is 4.05. The minimum atomic E-state index is 0.168. The summed E-state index contributed by atoms with van der Waals surface area (Å²) in [6.45, 7) is 6.34. The fourth-order valence-electron chi connectivity index (χ4n) is 1.14.